The molecule has 0 spiro atoms. The second-order valence-electron chi connectivity index (χ2n) is 9.74. The quantitative estimate of drug-likeness (QED) is 0.304. The van der Waals surface area contributed by atoms with Crippen molar-refractivity contribution in [3.8, 4) is 11.5 Å². The zero-order valence-electron chi connectivity index (χ0n) is 21.4. The predicted molar refractivity (Wildman–Crippen MR) is 142 cm³/mol. The maximum atomic E-state index is 13.3. The van der Waals surface area contributed by atoms with Crippen LogP contribution in [0, 0.1) is 10.1 Å². The van der Waals surface area contributed by atoms with Crippen molar-refractivity contribution < 1.29 is 24.0 Å². The Morgan fingerprint density at radius 1 is 1.00 bits per heavy atom. The van der Waals surface area contributed by atoms with E-state index in [9.17, 15) is 19.7 Å². The van der Waals surface area contributed by atoms with Crippen LogP contribution in [-0.2, 0) is 16.2 Å². The highest BCUT2D eigenvalue weighted by molar-refractivity contribution is 6.32. The van der Waals surface area contributed by atoms with Gasteiger partial charge in [-0.2, -0.15) is 0 Å². The summed E-state index contributed by atoms with van der Waals surface area (Å²) in [6, 6.07) is 9.77. The number of hydrogen-bond donors (Lipinski definition) is 0. The standard InChI is InChI=1S/C29H29ClN2O6/c1-3-37-25-15-18(14-20(30)29(25)38-16-17-7-4-8-19(13-17)32(35)36)26-27-21(9-5-11-23(27)33)31(2)22-10-6-12-24(34)28(22)26/h4,7-8,13-15,26H,3,5-6,9-12,16H2,1-2H3. The largest absolute Gasteiger partial charge is 0.490 e. The molecule has 2 aromatic rings. The van der Waals surface area contributed by atoms with Crippen LogP contribution in [0.1, 0.15) is 62.5 Å². The lowest BCUT2D eigenvalue weighted by Crippen LogP contribution is -2.37. The second-order valence-corrected chi connectivity index (χ2v) is 10.2. The fourth-order valence-electron chi connectivity index (χ4n) is 5.76. The molecule has 1 aliphatic heterocycles. The van der Waals surface area contributed by atoms with Crippen LogP contribution in [0.3, 0.4) is 0 Å². The predicted octanol–water partition coefficient (Wildman–Crippen LogP) is 6.27. The summed E-state index contributed by atoms with van der Waals surface area (Å²) in [5, 5.41) is 11.4. The molecule has 0 saturated carbocycles. The summed E-state index contributed by atoms with van der Waals surface area (Å²) in [6.07, 6.45) is 4.07. The normalized spacial score (nSPS) is 17.9. The maximum Gasteiger partial charge on any atom is 0.269 e. The molecule has 38 heavy (non-hydrogen) atoms. The number of carbonyl (C=O) groups is 2. The van der Waals surface area contributed by atoms with Gasteiger partial charge in [0, 0.05) is 60.5 Å². The number of allylic oxidation sites excluding steroid dienone is 4. The van der Waals surface area contributed by atoms with Gasteiger partial charge in [0.15, 0.2) is 23.1 Å². The summed E-state index contributed by atoms with van der Waals surface area (Å²) in [7, 11) is 1.96. The summed E-state index contributed by atoms with van der Waals surface area (Å²) < 4.78 is 11.9. The molecule has 0 atom stereocenters. The molecule has 0 fully saturated rings. The first-order valence-corrected chi connectivity index (χ1v) is 13.3. The highest BCUT2D eigenvalue weighted by atomic mass is 35.5. The van der Waals surface area contributed by atoms with Crippen molar-refractivity contribution in [2.45, 2.75) is 58.0 Å². The SMILES string of the molecule is CCOc1cc(C2C3=C(CCCC3=O)N(C)C3=C2C(=O)CCC3)cc(Cl)c1OCc1cccc([N+](=O)[O-])c1. The van der Waals surface area contributed by atoms with E-state index in [-0.39, 0.29) is 28.9 Å². The number of halogens is 1. The van der Waals surface area contributed by atoms with Gasteiger partial charge in [0.05, 0.1) is 16.6 Å². The van der Waals surface area contributed by atoms with Crippen molar-refractivity contribution in [3.63, 3.8) is 0 Å². The van der Waals surface area contributed by atoms with Crippen LogP contribution in [0.25, 0.3) is 0 Å². The van der Waals surface area contributed by atoms with Crippen molar-refractivity contribution >= 4 is 28.9 Å². The molecule has 1 heterocycles. The van der Waals surface area contributed by atoms with Crippen molar-refractivity contribution in [1.29, 1.82) is 0 Å². The average molecular weight is 537 g/mol. The topological polar surface area (TPSA) is 99.0 Å². The third kappa shape index (κ3) is 4.69. The molecule has 2 aromatic carbocycles. The van der Waals surface area contributed by atoms with Gasteiger partial charge in [0.1, 0.15) is 6.61 Å². The lowest BCUT2D eigenvalue weighted by atomic mass is 9.71. The van der Waals surface area contributed by atoms with Crippen LogP contribution in [0.15, 0.2) is 58.9 Å². The molecular formula is C29H29ClN2O6. The summed E-state index contributed by atoms with van der Waals surface area (Å²) in [5.74, 6) is 0.334. The van der Waals surface area contributed by atoms with Crippen LogP contribution in [0.5, 0.6) is 11.5 Å². The smallest absolute Gasteiger partial charge is 0.269 e. The van der Waals surface area contributed by atoms with Crippen LogP contribution < -0.4 is 9.47 Å². The van der Waals surface area contributed by atoms with E-state index >= 15 is 0 Å². The molecule has 5 rings (SSSR count). The molecule has 3 aliphatic rings. The van der Waals surface area contributed by atoms with Gasteiger partial charge in [0.2, 0.25) is 0 Å². The van der Waals surface area contributed by atoms with E-state index in [1.54, 1.807) is 18.2 Å². The number of ether oxygens (including phenoxy) is 2. The number of hydrogen-bond acceptors (Lipinski definition) is 7. The Labute approximate surface area is 226 Å². The maximum absolute atomic E-state index is 13.3. The van der Waals surface area contributed by atoms with Crippen LogP contribution >= 0.6 is 11.6 Å². The number of nitro groups is 1. The van der Waals surface area contributed by atoms with Crippen LogP contribution in [-0.4, -0.2) is 35.0 Å². The van der Waals surface area contributed by atoms with Gasteiger partial charge in [-0.15, -0.1) is 0 Å². The van der Waals surface area contributed by atoms with Crippen molar-refractivity contribution in [2.24, 2.45) is 0 Å². The molecule has 198 valence electrons. The number of Topliss-reactive ketones (excluding diaryl/α,β-unsaturated/α-hetero) is 2. The molecule has 0 unspecified atom stereocenters. The number of ketones is 2. The Morgan fingerprint density at radius 2 is 1.66 bits per heavy atom. The lowest BCUT2D eigenvalue weighted by molar-refractivity contribution is -0.384. The third-order valence-electron chi connectivity index (χ3n) is 7.41. The molecule has 0 amide bonds. The Kier molecular flexibility index (Phi) is 7.25. The van der Waals surface area contributed by atoms with Crippen molar-refractivity contribution in [3.05, 3.63) is 85.2 Å². The first-order valence-electron chi connectivity index (χ1n) is 12.9. The van der Waals surface area contributed by atoms with Gasteiger partial charge in [-0.1, -0.05) is 23.7 Å². The third-order valence-corrected chi connectivity index (χ3v) is 7.69. The van der Waals surface area contributed by atoms with Crippen LogP contribution in [0.2, 0.25) is 5.02 Å². The zero-order chi connectivity index (χ0) is 27.0. The Hall–Kier alpha value is -3.65. The highest BCUT2D eigenvalue weighted by Gasteiger charge is 2.42. The summed E-state index contributed by atoms with van der Waals surface area (Å²) in [6.45, 7) is 2.24. The van der Waals surface area contributed by atoms with E-state index in [2.05, 4.69) is 4.90 Å². The number of nitro benzene ring substituents is 1. The fourth-order valence-corrected chi connectivity index (χ4v) is 6.03. The first-order chi connectivity index (χ1) is 18.3. The summed E-state index contributed by atoms with van der Waals surface area (Å²) in [5.41, 5.74) is 4.64. The molecule has 8 nitrogen and oxygen atoms in total. The number of rotatable bonds is 7. The summed E-state index contributed by atoms with van der Waals surface area (Å²) in [4.78, 5) is 39.3. The Bertz CT molecular complexity index is 1350. The van der Waals surface area contributed by atoms with E-state index in [0.717, 1.165) is 42.6 Å². The molecule has 0 bridgehead atoms. The van der Waals surface area contributed by atoms with E-state index in [0.29, 0.717) is 47.7 Å². The van der Waals surface area contributed by atoms with E-state index in [1.807, 2.05) is 20.0 Å². The fraction of sp³-hybridized carbons (Fsp3) is 0.379. The Morgan fingerprint density at radius 3 is 2.26 bits per heavy atom. The van der Waals surface area contributed by atoms with Crippen molar-refractivity contribution in [2.75, 3.05) is 13.7 Å². The lowest BCUT2D eigenvalue weighted by Gasteiger charge is -2.42. The minimum absolute atomic E-state index is 0.0256. The first kappa shape index (κ1) is 26.0. The molecule has 0 saturated heterocycles. The summed E-state index contributed by atoms with van der Waals surface area (Å²) >= 11 is 6.76. The Balaban J connectivity index is 1.57. The molecule has 0 N–H and O–H groups in total. The number of benzene rings is 2. The number of carbonyl (C=O) groups excluding carboxylic acids is 2. The van der Waals surface area contributed by atoms with Crippen LogP contribution in [0.4, 0.5) is 5.69 Å². The number of nitrogens with zero attached hydrogens (tertiary/aromatic N) is 2. The highest BCUT2D eigenvalue weighted by Crippen LogP contribution is 2.50. The van der Waals surface area contributed by atoms with E-state index < -0.39 is 10.8 Å². The van der Waals surface area contributed by atoms with Gasteiger partial charge in [-0.25, -0.2) is 0 Å². The minimum atomic E-state index is -0.501. The molecule has 0 radical (unpaired) electrons. The molecule has 2 aliphatic carbocycles. The average Bonchev–Trinajstić information content (AvgIpc) is 2.89. The van der Waals surface area contributed by atoms with Crippen molar-refractivity contribution in [1.82, 2.24) is 4.90 Å². The monoisotopic (exact) mass is 536 g/mol. The molecule has 9 heteroatoms. The van der Waals surface area contributed by atoms with Gasteiger partial charge in [-0.3, -0.25) is 19.7 Å². The zero-order valence-corrected chi connectivity index (χ0v) is 22.2. The minimum Gasteiger partial charge on any atom is -0.490 e. The molecular weight excluding hydrogens is 508 g/mol. The van der Waals surface area contributed by atoms with Gasteiger partial charge in [-0.05, 0) is 55.9 Å². The number of non-ortho nitro benzene ring substituents is 1. The molecule has 0 aromatic heterocycles. The van der Waals surface area contributed by atoms with Gasteiger partial charge in [0.25, 0.3) is 5.69 Å². The van der Waals surface area contributed by atoms with E-state index in [1.165, 1.54) is 12.1 Å². The van der Waals surface area contributed by atoms with Gasteiger partial charge < -0.3 is 14.4 Å². The van der Waals surface area contributed by atoms with E-state index in [4.69, 9.17) is 21.1 Å². The van der Waals surface area contributed by atoms with Gasteiger partial charge >= 0.3 is 0 Å². The second kappa shape index (κ2) is 10.6.